The van der Waals surface area contributed by atoms with Gasteiger partial charge in [0.05, 0.1) is 10.6 Å². The van der Waals surface area contributed by atoms with Crippen LogP contribution in [0, 0.1) is 10.1 Å². The molecule has 2 aromatic rings. The first-order chi connectivity index (χ1) is 12.0. The van der Waals surface area contributed by atoms with E-state index in [0.29, 0.717) is 16.8 Å². The molecule has 25 heavy (non-hydrogen) atoms. The van der Waals surface area contributed by atoms with Gasteiger partial charge in [-0.2, -0.15) is 0 Å². The van der Waals surface area contributed by atoms with Gasteiger partial charge >= 0.3 is 0 Å². The molecule has 0 bridgehead atoms. The van der Waals surface area contributed by atoms with Crippen LogP contribution in [0.25, 0.3) is 0 Å². The maximum absolute atomic E-state index is 12.5. The van der Waals surface area contributed by atoms with Gasteiger partial charge in [0, 0.05) is 31.8 Å². The highest BCUT2D eigenvalue weighted by Gasteiger charge is 2.46. The summed E-state index contributed by atoms with van der Waals surface area (Å²) < 4.78 is 5.44. The predicted molar refractivity (Wildman–Crippen MR) is 89.7 cm³/mol. The minimum Gasteiger partial charge on any atom is -0.356 e. The van der Waals surface area contributed by atoms with Crippen LogP contribution in [-0.4, -0.2) is 35.9 Å². The average molecular weight is 340 g/mol. The predicted octanol–water partition coefficient (Wildman–Crippen LogP) is 3.48. The third-order valence-corrected chi connectivity index (χ3v) is 3.65. The van der Waals surface area contributed by atoms with Crippen molar-refractivity contribution in [3.8, 4) is 0 Å². The summed E-state index contributed by atoms with van der Waals surface area (Å²) in [5.74, 6) is -0.160. The van der Waals surface area contributed by atoms with Crippen molar-refractivity contribution in [2.45, 2.75) is 12.2 Å². The zero-order valence-electron chi connectivity index (χ0n) is 13.7. The van der Waals surface area contributed by atoms with Crippen LogP contribution in [0.15, 0.2) is 58.9 Å². The molecule has 1 fully saturated rings. The summed E-state index contributed by atoms with van der Waals surface area (Å²) >= 11 is 0. The maximum Gasteiger partial charge on any atom is 0.269 e. The van der Waals surface area contributed by atoms with Crippen molar-refractivity contribution in [1.29, 1.82) is 0 Å². The van der Waals surface area contributed by atoms with Gasteiger partial charge < -0.3 is 4.74 Å². The van der Waals surface area contributed by atoms with E-state index in [9.17, 15) is 14.9 Å². The van der Waals surface area contributed by atoms with Crippen LogP contribution in [0.3, 0.4) is 0 Å². The molecule has 0 amide bonds. The number of carbonyl (C=O) groups is 1. The topological polar surface area (TPSA) is 101 Å². The molecule has 8 heteroatoms. The number of nitrogens with zero attached hydrogens (tertiary/aromatic N) is 4. The van der Waals surface area contributed by atoms with Gasteiger partial charge in [-0.05, 0) is 29.8 Å². The highest BCUT2D eigenvalue weighted by Crippen LogP contribution is 2.41. The number of rotatable bonds is 6. The van der Waals surface area contributed by atoms with E-state index in [0.717, 1.165) is 0 Å². The SMILES string of the molecule is CN(C)N=Nc1ccc(C(=O)C2OC2c2cccc([N+](=O)[O-])c2)cc1. The van der Waals surface area contributed by atoms with E-state index < -0.39 is 17.1 Å². The molecule has 0 aliphatic carbocycles. The third-order valence-electron chi connectivity index (χ3n) is 3.65. The fourth-order valence-corrected chi connectivity index (χ4v) is 2.38. The van der Waals surface area contributed by atoms with Crippen molar-refractivity contribution < 1.29 is 14.5 Å². The summed E-state index contributed by atoms with van der Waals surface area (Å²) in [6.07, 6.45) is -1.06. The smallest absolute Gasteiger partial charge is 0.269 e. The Kier molecular flexibility index (Phi) is 4.53. The van der Waals surface area contributed by atoms with Crippen LogP contribution in [0.1, 0.15) is 22.0 Å². The molecule has 2 aromatic carbocycles. The molecular formula is C17H16N4O4. The molecule has 1 aliphatic rings. The van der Waals surface area contributed by atoms with E-state index in [-0.39, 0.29) is 11.5 Å². The molecule has 1 saturated heterocycles. The summed E-state index contributed by atoms with van der Waals surface area (Å²) in [7, 11) is 3.53. The van der Waals surface area contributed by atoms with Gasteiger partial charge in [0.2, 0.25) is 0 Å². The number of non-ortho nitro benzene ring substituents is 1. The number of Topliss-reactive ketones (excluding diaryl/α,β-unsaturated/α-hetero) is 1. The standard InChI is InChI=1S/C17H16N4O4/c1-20(2)19-18-13-8-6-11(7-9-13)15(22)17-16(25-17)12-4-3-5-14(10-12)21(23)24/h3-10,16-17H,1-2H3. The lowest BCUT2D eigenvalue weighted by atomic mass is 10.0. The van der Waals surface area contributed by atoms with Crippen LogP contribution >= 0.6 is 0 Å². The number of epoxide rings is 1. The van der Waals surface area contributed by atoms with Crippen LogP contribution in [0.2, 0.25) is 0 Å². The summed E-state index contributed by atoms with van der Waals surface area (Å²) in [4.78, 5) is 22.8. The van der Waals surface area contributed by atoms with Crippen molar-refractivity contribution in [2.24, 2.45) is 10.3 Å². The largest absolute Gasteiger partial charge is 0.356 e. The monoisotopic (exact) mass is 340 g/mol. The van der Waals surface area contributed by atoms with Crippen LogP contribution in [0.5, 0.6) is 0 Å². The molecule has 1 aliphatic heterocycles. The quantitative estimate of drug-likeness (QED) is 0.263. The lowest BCUT2D eigenvalue weighted by Gasteiger charge is -2.01. The minimum absolute atomic E-state index is 0.0187. The Hall–Kier alpha value is -3.13. The molecule has 2 atom stereocenters. The van der Waals surface area contributed by atoms with Gasteiger partial charge in [-0.3, -0.25) is 19.9 Å². The highest BCUT2D eigenvalue weighted by molar-refractivity contribution is 6.01. The molecule has 0 saturated carbocycles. The zero-order chi connectivity index (χ0) is 18.0. The third kappa shape index (κ3) is 3.86. The second kappa shape index (κ2) is 6.78. The fraction of sp³-hybridized carbons (Fsp3) is 0.235. The van der Waals surface area contributed by atoms with Crippen molar-refractivity contribution in [3.05, 3.63) is 69.8 Å². The lowest BCUT2D eigenvalue weighted by Crippen LogP contribution is -2.08. The van der Waals surface area contributed by atoms with E-state index in [1.54, 1.807) is 55.5 Å². The second-order valence-electron chi connectivity index (χ2n) is 5.78. The van der Waals surface area contributed by atoms with Crippen molar-refractivity contribution in [3.63, 3.8) is 0 Å². The molecule has 1 heterocycles. The Labute approximate surface area is 143 Å². The van der Waals surface area contributed by atoms with Gasteiger partial charge in [-0.15, -0.1) is 5.11 Å². The molecule has 0 radical (unpaired) electrons. The molecule has 2 unspecified atom stereocenters. The molecule has 0 N–H and O–H groups in total. The van der Waals surface area contributed by atoms with Crippen LogP contribution in [0.4, 0.5) is 11.4 Å². The zero-order valence-corrected chi connectivity index (χ0v) is 13.7. The molecule has 3 rings (SSSR count). The number of ether oxygens (including phenoxy) is 1. The van der Waals surface area contributed by atoms with E-state index in [1.807, 2.05) is 0 Å². The van der Waals surface area contributed by atoms with Gasteiger partial charge in [0.15, 0.2) is 11.9 Å². The first-order valence-electron chi connectivity index (χ1n) is 7.59. The number of ketones is 1. The Morgan fingerprint density at radius 3 is 2.56 bits per heavy atom. The first-order valence-corrected chi connectivity index (χ1v) is 7.59. The Bertz CT molecular complexity index is 833. The fourth-order valence-electron chi connectivity index (χ4n) is 2.38. The number of benzene rings is 2. The Morgan fingerprint density at radius 1 is 1.20 bits per heavy atom. The maximum atomic E-state index is 12.5. The second-order valence-corrected chi connectivity index (χ2v) is 5.78. The van der Waals surface area contributed by atoms with Gasteiger partial charge in [-0.25, -0.2) is 0 Å². The number of hydrogen-bond acceptors (Lipinski definition) is 6. The van der Waals surface area contributed by atoms with E-state index in [2.05, 4.69) is 10.3 Å². The van der Waals surface area contributed by atoms with Gasteiger partial charge in [-0.1, -0.05) is 17.4 Å². The molecule has 0 spiro atoms. The molecule has 8 nitrogen and oxygen atoms in total. The summed E-state index contributed by atoms with van der Waals surface area (Å²) in [6, 6.07) is 12.9. The summed E-state index contributed by atoms with van der Waals surface area (Å²) in [5, 5.41) is 20.3. The number of carbonyl (C=O) groups excluding carboxylic acids is 1. The molecular weight excluding hydrogens is 324 g/mol. The van der Waals surface area contributed by atoms with Crippen molar-refractivity contribution in [1.82, 2.24) is 5.01 Å². The molecule has 0 aromatic heterocycles. The minimum atomic E-state index is -0.615. The van der Waals surface area contributed by atoms with E-state index in [4.69, 9.17) is 4.74 Å². The molecule has 128 valence electrons. The highest BCUT2D eigenvalue weighted by atomic mass is 16.6. The number of hydrogen-bond donors (Lipinski definition) is 0. The number of nitro benzene ring substituents is 1. The lowest BCUT2D eigenvalue weighted by molar-refractivity contribution is -0.384. The normalized spacial score (nSPS) is 19.0. The summed E-state index contributed by atoms with van der Waals surface area (Å²) in [6.45, 7) is 0. The van der Waals surface area contributed by atoms with Gasteiger partial charge in [0.1, 0.15) is 6.10 Å². The Balaban J connectivity index is 1.69. The van der Waals surface area contributed by atoms with Crippen molar-refractivity contribution in [2.75, 3.05) is 14.1 Å². The van der Waals surface area contributed by atoms with Crippen LogP contribution < -0.4 is 0 Å². The number of nitro groups is 1. The first kappa shape index (κ1) is 16.7. The summed E-state index contributed by atoms with van der Waals surface area (Å²) in [5.41, 5.74) is 1.75. The Morgan fingerprint density at radius 2 is 1.92 bits per heavy atom. The van der Waals surface area contributed by atoms with Crippen molar-refractivity contribution >= 4 is 17.2 Å². The van der Waals surface area contributed by atoms with Gasteiger partial charge in [0.25, 0.3) is 5.69 Å². The van der Waals surface area contributed by atoms with E-state index in [1.165, 1.54) is 12.1 Å². The van der Waals surface area contributed by atoms with Crippen LogP contribution in [-0.2, 0) is 4.74 Å². The van der Waals surface area contributed by atoms with E-state index >= 15 is 0 Å². The average Bonchev–Trinajstić information content (AvgIpc) is 3.40.